The molecule has 72 valence electrons. The maximum Gasteiger partial charge on any atom is 0.482 e. The third-order valence-corrected chi connectivity index (χ3v) is 1.72. The van der Waals surface area contributed by atoms with Crippen LogP contribution in [0.2, 0.25) is 0 Å². The molecule has 0 heterocycles. The second kappa shape index (κ2) is 3.40. The molecular formula is C8H8BF4-. The van der Waals surface area contributed by atoms with Crippen molar-refractivity contribution in [3.63, 3.8) is 0 Å². The average Bonchev–Trinajstić information content (AvgIpc) is 1.96. The SMILES string of the molecule is Cc1cccc(C[B-](F)(F)F)c1F. The van der Waals surface area contributed by atoms with Crippen LogP contribution in [0.3, 0.4) is 0 Å². The van der Waals surface area contributed by atoms with Crippen LogP contribution in [0.5, 0.6) is 0 Å². The van der Waals surface area contributed by atoms with Gasteiger partial charge < -0.3 is 12.9 Å². The van der Waals surface area contributed by atoms with E-state index in [9.17, 15) is 17.3 Å². The minimum Gasteiger partial charge on any atom is -0.449 e. The number of rotatable bonds is 2. The van der Waals surface area contributed by atoms with Gasteiger partial charge in [0.25, 0.3) is 0 Å². The van der Waals surface area contributed by atoms with E-state index in [0.717, 1.165) is 6.07 Å². The lowest BCUT2D eigenvalue weighted by atomic mass is 9.81. The smallest absolute Gasteiger partial charge is 0.449 e. The van der Waals surface area contributed by atoms with E-state index in [0.29, 0.717) is 0 Å². The minimum absolute atomic E-state index is 0.248. The second-order valence-electron chi connectivity index (χ2n) is 2.96. The zero-order chi connectivity index (χ0) is 10.1. The molecule has 0 atom stereocenters. The molecule has 0 fully saturated rings. The molecule has 0 spiro atoms. The summed E-state index contributed by atoms with van der Waals surface area (Å²) in [5.41, 5.74) is -0.0231. The summed E-state index contributed by atoms with van der Waals surface area (Å²) < 4.78 is 48.9. The highest BCUT2D eigenvalue weighted by Gasteiger charge is 2.24. The van der Waals surface area contributed by atoms with Gasteiger partial charge in [-0.25, -0.2) is 4.39 Å². The molecular weight excluding hydrogens is 183 g/mol. The van der Waals surface area contributed by atoms with E-state index < -0.39 is 19.1 Å². The van der Waals surface area contributed by atoms with Gasteiger partial charge in [-0.1, -0.05) is 24.5 Å². The summed E-state index contributed by atoms with van der Waals surface area (Å²) in [6, 6.07) is 4.04. The summed E-state index contributed by atoms with van der Waals surface area (Å²) in [6.07, 6.45) is -1.15. The quantitative estimate of drug-likeness (QED) is 0.497. The van der Waals surface area contributed by atoms with E-state index >= 15 is 0 Å². The summed E-state index contributed by atoms with van der Waals surface area (Å²) in [4.78, 5) is 0. The van der Waals surface area contributed by atoms with E-state index in [1.165, 1.54) is 19.1 Å². The maximum atomic E-state index is 13.0. The highest BCUT2D eigenvalue weighted by Crippen LogP contribution is 2.20. The molecule has 1 aromatic carbocycles. The van der Waals surface area contributed by atoms with Crippen LogP contribution in [-0.4, -0.2) is 6.98 Å². The predicted octanol–water partition coefficient (Wildman–Crippen LogP) is 3.06. The first-order valence-electron chi connectivity index (χ1n) is 3.85. The Morgan fingerprint density at radius 3 is 2.38 bits per heavy atom. The highest BCUT2D eigenvalue weighted by atomic mass is 19.4. The van der Waals surface area contributed by atoms with Gasteiger partial charge >= 0.3 is 6.98 Å². The summed E-state index contributed by atoms with van der Waals surface area (Å²) in [7, 11) is 0. The molecule has 0 radical (unpaired) electrons. The van der Waals surface area contributed by atoms with Gasteiger partial charge in [0.1, 0.15) is 5.82 Å². The first-order chi connectivity index (χ1) is 5.90. The van der Waals surface area contributed by atoms with Crippen LogP contribution < -0.4 is 0 Å². The second-order valence-corrected chi connectivity index (χ2v) is 2.96. The molecule has 0 aliphatic rings. The van der Waals surface area contributed by atoms with Crippen molar-refractivity contribution in [1.82, 2.24) is 0 Å². The largest absolute Gasteiger partial charge is 0.482 e. The van der Waals surface area contributed by atoms with E-state index in [1.54, 1.807) is 0 Å². The summed E-state index contributed by atoms with van der Waals surface area (Å²) in [5.74, 6) is -0.748. The van der Waals surface area contributed by atoms with Gasteiger partial charge in [-0.2, -0.15) is 0 Å². The van der Waals surface area contributed by atoms with Crippen LogP contribution in [0.4, 0.5) is 17.3 Å². The molecule has 0 saturated carbocycles. The van der Waals surface area contributed by atoms with Crippen molar-refractivity contribution < 1.29 is 17.3 Å². The molecule has 0 aromatic heterocycles. The monoisotopic (exact) mass is 191 g/mol. The number of benzene rings is 1. The Morgan fingerprint density at radius 1 is 1.23 bits per heavy atom. The van der Waals surface area contributed by atoms with Gasteiger partial charge in [-0.05, 0) is 18.1 Å². The predicted molar refractivity (Wildman–Crippen MR) is 43.9 cm³/mol. The molecule has 1 aromatic rings. The molecule has 13 heavy (non-hydrogen) atoms. The van der Waals surface area contributed by atoms with Crippen molar-refractivity contribution in [2.45, 2.75) is 13.2 Å². The fourth-order valence-corrected chi connectivity index (χ4v) is 1.12. The number of halogens is 4. The van der Waals surface area contributed by atoms with Crippen molar-refractivity contribution in [2.24, 2.45) is 0 Å². The van der Waals surface area contributed by atoms with Gasteiger partial charge in [-0.15, -0.1) is 0 Å². The molecule has 0 nitrogen and oxygen atoms in total. The molecule has 0 aliphatic carbocycles. The first-order valence-corrected chi connectivity index (χ1v) is 3.85. The fourth-order valence-electron chi connectivity index (χ4n) is 1.12. The summed E-state index contributed by atoms with van der Waals surface area (Å²) >= 11 is 0. The van der Waals surface area contributed by atoms with E-state index in [-0.39, 0.29) is 11.1 Å². The summed E-state index contributed by atoms with van der Waals surface area (Å²) in [6.45, 7) is -3.51. The number of aryl methyl sites for hydroxylation is 1. The molecule has 0 bridgehead atoms. The third-order valence-electron chi connectivity index (χ3n) is 1.72. The normalized spacial score (nSPS) is 11.8. The molecule has 0 unspecified atom stereocenters. The lowest BCUT2D eigenvalue weighted by molar-refractivity contribution is 0.464. The van der Waals surface area contributed by atoms with Crippen LogP contribution in [0.25, 0.3) is 0 Å². The molecule has 0 N–H and O–H groups in total. The zero-order valence-electron chi connectivity index (χ0n) is 7.03. The van der Waals surface area contributed by atoms with Gasteiger partial charge in [0.05, 0.1) is 0 Å². The zero-order valence-corrected chi connectivity index (χ0v) is 7.03. The Kier molecular flexibility index (Phi) is 2.64. The van der Waals surface area contributed by atoms with Crippen LogP contribution in [0, 0.1) is 12.7 Å². The van der Waals surface area contributed by atoms with E-state index in [4.69, 9.17) is 0 Å². The van der Waals surface area contributed by atoms with Crippen molar-refractivity contribution in [2.75, 3.05) is 0 Å². The summed E-state index contributed by atoms with van der Waals surface area (Å²) in [5, 5.41) is 0. The van der Waals surface area contributed by atoms with Crippen molar-refractivity contribution in [1.29, 1.82) is 0 Å². The Bertz CT molecular complexity index is 306. The molecule has 0 amide bonds. The number of hydrogen-bond donors (Lipinski definition) is 0. The van der Waals surface area contributed by atoms with Gasteiger partial charge in [0.2, 0.25) is 0 Å². The van der Waals surface area contributed by atoms with Gasteiger partial charge in [0, 0.05) is 0 Å². The van der Waals surface area contributed by atoms with Crippen LogP contribution in [0.15, 0.2) is 18.2 Å². The van der Waals surface area contributed by atoms with Crippen molar-refractivity contribution in [3.05, 3.63) is 35.1 Å². The Labute approximate surface area is 73.6 Å². The van der Waals surface area contributed by atoms with Crippen LogP contribution in [-0.2, 0) is 6.32 Å². The highest BCUT2D eigenvalue weighted by molar-refractivity contribution is 6.57. The van der Waals surface area contributed by atoms with Gasteiger partial charge in [0.15, 0.2) is 0 Å². The van der Waals surface area contributed by atoms with E-state index in [2.05, 4.69) is 0 Å². The average molecular weight is 191 g/mol. The van der Waals surface area contributed by atoms with E-state index in [1.807, 2.05) is 0 Å². The Balaban J connectivity index is 2.96. The van der Waals surface area contributed by atoms with Crippen LogP contribution in [0.1, 0.15) is 11.1 Å². The first kappa shape index (κ1) is 10.1. The molecule has 0 saturated heterocycles. The van der Waals surface area contributed by atoms with Crippen LogP contribution >= 0.6 is 0 Å². The topological polar surface area (TPSA) is 0 Å². The molecule has 5 heteroatoms. The van der Waals surface area contributed by atoms with Crippen molar-refractivity contribution in [3.8, 4) is 0 Å². The molecule has 1 rings (SSSR count). The lowest BCUT2D eigenvalue weighted by Gasteiger charge is -2.14. The number of hydrogen-bond acceptors (Lipinski definition) is 0. The standard InChI is InChI=1S/C8H8BF4/c1-6-3-2-4-7(8(6)10)5-9(11,12)13/h2-4H,5H2,1H3/q-1. The Hall–Kier alpha value is -0.995. The lowest BCUT2D eigenvalue weighted by Crippen LogP contribution is -2.20. The third kappa shape index (κ3) is 2.75. The fraction of sp³-hybridized carbons (Fsp3) is 0.250. The van der Waals surface area contributed by atoms with Gasteiger partial charge in [-0.3, -0.25) is 0 Å². The Morgan fingerprint density at radius 2 is 1.85 bits per heavy atom. The molecule has 0 aliphatic heterocycles. The minimum atomic E-state index is -4.96. The maximum absolute atomic E-state index is 13.0. The van der Waals surface area contributed by atoms with Crippen molar-refractivity contribution >= 4 is 6.98 Å².